The molecule has 0 N–H and O–H groups in total. The summed E-state index contributed by atoms with van der Waals surface area (Å²) in [5, 5.41) is 5.61. The number of fused-ring (bicyclic) bond motifs is 5. The first-order valence-electron chi connectivity index (χ1n) is 21.9. The van der Waals surface area contributed by atoms with Gasteiger partial charge in [-0.2, -0.15) is 11.6 Å². The molecule has 5 aromatic rings. The van der Waals surface area contributed by atoms with E-state index in [1.807, 2.05) is 0 Å². The maximum Gasteiger partial charge on any atom is -0.0133 e. The van der Waals surface area contributed by atoms with Gasteiger partial charge in [0.1, 0.15) is 0 Å². The van der Waals surface area contributed by atoms with Crippen molar-refractivity contribution in [3.8, 4) is 0 Å². The Labute approximate surface area is 398 Å². The molecule has 0 spiro atoms. The summed E-state index contributed by atoms with van der Waals surface area (Å²) >= 11 is 1.46. The van der Waals surface area contributed by atoms with Crippen LogP contribution in [0.25, 0.3) is 32.7 Å². The Bertz CT molecular complexity index is 2350. The summed E-state index contributed by atoms with van der Waals surface area (Å²) in [6.07, 6.45) is 14.7. The second kappa shape index (κ2) is 18.6. The van der Waals surface area contributed by atoms with E-state index in [9.17, 15) is 0 Å². The summed E-state index contributed by atoms with van der Waals surface area (Å²) in [6, 6.07) is 30.4. The summed E-state index contributed by atoms with van der Waals surface area (Å²) < 4.78 is 1.42. The smallest absolute Gasteiger partial charge is 0.0133 e. The van der Waals surface area contributed by atoms with Gasteiger partial charge in [-0.15, -0.1) is 39.7 Å². The Balaban J connectivity index is 0.000000217. The molecule has 0 saturated heterocycles. The fourth-order valence-corrected chi connectivity index (χ4v) is 9.45. The fraction of sp³-hybridized carbons (Fsp3) is 0.414. The molecule has 5 aromatic carbocycles. The van der Waals surface area contributed by atoms with Crippen LogP contribution in [0, 0.1) is 17.4 Å². The van der Waals surface area contributed by atoms with E-state index in [0.29, 0.717) is 11.3 Å². The molecular formula is C58H70Cl2Zr-2. The number of hydrogen-bond donors (Lipinski definition) is 0. The van der Waals surface area contributed by atoms with Gasteiger partial charge in [0.15, 0.2) is 0 Å². The van der Waals surface area contributed by atoms with E-state index in [1.54, 1.807) is 0 Å². The van der Waals surface area contributed by atoms with E-state index in [1.165, 1.54) is 110 Å². The molecule has 0 amide bonds. The molecule has 3 heteroatoms. The van der Waals surface area contributed by atoms with Gasteiger partial charge in [-0.25, -0.2) is 6.08 Å². The summed E-state index contributed by atoms with van der Waals surface area (Å²) in [5.41, 5.74) is 16.8. The van der Waals surface area contributed by atoms with E-state index >= 15 is 0 Å². The fourth-order valence-electron chi connectivity index (χ4n) is 8.63. The molecule has 0 bridgehead atoms. The third-order valence-electron chi connectivity index (χ3n) is 13.0. The predicted octanol–water partition coefficient (Wildman–Crippen LogP) is 10.3. The summed E-state index contributed by atoms with van der Waals surface area (Å²) in [6.45, 7) is 36.4. The van der Waals surface area contributed by atoms with Crippen LogP contribution in [-0.2, 0) is 45.9 Å². The number of rotatable bonds is 2. The minimum absolute atomic E-state index is 0. The number of allylic oxidation sites excluding steroid dienone is 8. The van der Waals surface area contributed by atoms with Crippen LogP contribution in [-0.4, -0.2) is 3.21 Å². The molecule has 3 aliphatic carbocycles. The quantitative estimate of drug-likeness (QED) is 0.155. The van der Waals surface area contributed by atoms with Crippen molar-refractivity contribution < 1.29 is 49.0 Å². The molecule has 322 valence electrons. The molecule has 0 aromatic heterocycles. The van der Waals surface area contributed by atoms with Crippen LogP contribution in [0.2, 0.25) is 0 Å². The Morgan fingerprint density at radius 1 is 0.607 bits per heavy atom. The molecule has 0 fully saturated rings. The van der Waals surface area contributed by atoms with Crippen LogP contribution in [0.4, 0.5) is 0 Å². The second-order valence-corrected chi connectivity index (χ2v) is 23.3. The molecule has 1 unspecified atom stereocenters. The molecule has 0 aliphatic heterocycles. The van der Waals surface area contributed by atoms with Gasteiger partial charge in [-0.05, 0) is 59.8 Å². The average molecular weight is 929 g/mol. The van der Waals surface area contributed by atoms with Crippen LogP contribution in [0.1, 0.15) is 168 Å². The zero-order valence-electron chi connectivity index (χ0n) is 40.1. The third kappa shape index (κ3) is 11.2. The van der Waals surface area contributed by atoms with Crippen molar-refractivity contribution in [2.45, 2.75) is 145 Å². The van der Waals surface area contributed by atoms with Crippen LogP contribution >= 0.6 is 0 Å². The van der Waals surface area contributed by atoms with Gasteiger partial charge in [0, 0.05) is 0 Å². The molecular weight excluding hydrogens is 859 g/mol. The Kier molecular flexibility index (Phi) is 15.5. The first-order chi connectivity index (χ1) is 27.3. The Morgan fingerprint density at radius 2 is 0.984 bits per heavy atom. The maximum absolute atomic E-state index is 3.26. The van der Waals surface area contributed by atoms with Crippen LogP contribution in [0.5, 0.6) is 0 Å². The van der Waals surface area contributed by atoms with E-state index in [0.717, 1.165) is 12.8 Å². The van der Waals surface area contributed by atoms with Gasteiger partial charge in [-0.1, -0.05) is 102 Å². The van der Waals surface area contributed by atoms with Gasteiger partial charge >= 0.3 is 151 Å². The van der Waals surface area contributed by atoms with Crippen molar-refractivity contribution >= 4 is 35.9 Å². The summed E-state index contributed by atoms with van der Waals surface area (Å²) in [7, 11) is 0. The van der Waals surface area contributed by atoms with Crippen LogP contribution in [0.15, 0.2) is 109 Å². The van der Waals surface area contributed by atoms with Gasteiger partial charge < -0.3 is 24.8 Å². The monoisotopic (exact) mass is 926 g/mol. The van der Waals surface area contributed by atoms with E-state index in [-0.39, 0.29) is 46.5 Å². The molecule has 0 nitrogen and oxygen atoms in total. The zero-order valence-corrected chi connectivity index (χ0v) is 44.0. The number of hydrogen-bond acceptors (Lipinski definition) is 0. The maximum atomic E-state index is 3.26. The average Bonchev–Trinajstić information content (AvgIpc) is 3.77. The van der Waals surface area contributed by atoms with Gasteiger partial charge in [0.25, 0.3) is 0 Å². The third-order valence-corrected chi connectivity index (χ3v) is 14.4. The van der Waals surface area contributed by atoms with Crippen molar-refractivity contribution in [1.29, 1.82) is 0 Å². The molecule has 0 heterocycles. The van der Waals surface area contributed by atoms with Crippen molar-refractivity contribution in [3.63, 3.8) is 0 Å². The first-order valence-corrected chi connectivity index (χ1v) is 23.2. The van der Waals surface area contributed by atoms with Crippen molar-refractivity contribution in [1.82, 2.24) is 0 Å². The normalized spacial score (nSPS) is 17.5. The van der Waals surface area contributed by atoms with Gasteiger partial charge in [0.2, 0.25) is 0 Å². The summed E-state index contributed by atoms with van der Waals surface area (Å²) in [4.78, 5) is 0. The first kappa shape index (κ1) is 50.7. The van der Waals surface area contributed by atoms with E-state index < -0.39 is 0 Å². The molecule has 0 radical (unpaired) electrons. The number of halogens is 2. The van der Waals surface area contributed by atoms with Crippen LogP contribution in [0.3, 0.4) is 0 Å². The standard InChI is InChI=1S/C27H29.C21H26.C10H15.2ClH.Zr/c1-16-7-9-26(3,4)24-12-18-11-19-13-25-21(17(2)8-10-27(25,5)6)15-23(19)22(18)14-20(16)24;1-20(2,3)18-11-7-16(8-12-18)15-17-9-13-19(14-10-17)21(4,5)6;1-8-5-6-9(7-8)10(2,3)4;;;/h7-8,11-15H,9-10H2,1-6H3;7-14H,1-6H3;6-8H,1-4H3;2*1H;/q-1;;-1;;;+2/p-2. The van der Waals surface area contributed by atoms with E-state index in [2.05, 4.69) is 220 Å². The number of benzene rings is 4. The molecule has 3 aliphatic rings. The van der Waals surface area contributed by atoms with Crippen molar-refractivity contribution in [3.05, 3.63) is 159 Å². The van der Waals surface area contributed by atoms with Crippen molar-refractivity contribution in [2.24, 2.45) is 11.3 Å². The van der Waals surface area contributed by atoms with Gasteiger partial charge in [0.05, 0.1) is 0 Å². The van der Waals surface area contributed by atoms with Crippen LogP contribution < -0.4 is 24.8 Å². The van der Waals surface area contributed by atoms with Crippen molar-refractivity contribution in [2.75, 3.05) is 0 Å². The van der Waals surface area contributed by atoms with E-state index in [4.69, 9.17) is 0 Å². The molecule has 8 rings (SSSR count). The minimum atomic E-state index is 0. The zero-order chi connectivity index (χ0) is 43.5. The summed E-state index contributed by atoms with van der Waals surface area (Å²) in [5.74, 6) is 0.522. The SMILES string of the molecule is CC(C)(C)c1ccc([C](=[Zr+2])c2ccc(C(C)(C)C)cc2)cc1.CC1=CCC(C)(C)c2cc3[cH-]c4cc5c(cc4c3cc21)C(C)=CCC5(C)C.CC1[C-]=CC(C(C)(C)C)=C1.[Cl-].[Cl-]. The molecule has 1 atom stereocenters. The Morgan fingerprint density at radius 3 is 1.28 bits per heavy atom. The second-order valence-electron chi connectivity index (χ2n) is 22.1. The minimum Gasteiger partial charge on any atom is -1.00 e. The molecule has 61 heavy (non-hydrogen) atoms. The molecule has 0 saturated carbocycles. The topological polar surface area (TPSA) is 0 Å². The Hall–Kier alpha value is -2.96. The largest absolute Gasteiger partial charge is 1.00 e. The van der Waals surface area contributed by atoms with Gasteiger partial charge in [-0.3, -0.25) is 6.08 Å². The predicted molar refractivity (Wildman–Crippen MR) is 258 cm³/mol.